The predicted octanol–water partition coefficient (Wildman–Crippen LogP) is 0.00390. The highest BCUT2D eigenvalue weighted by molar-refractivity contribution is 5.80. The lowest BCUT2D eigenvalue weighted by Crippen LogP contribution is -2.39. The normalized spacial score (nSPS) is 26.3. The van der Waals surface area contributed by atoms with Crippen LogP contribution in [-0.4, -0.2) is 18.0 Å². The molecule has 0 atom stereocenters. The van der Waals surface area contributed by atoms with Crippen LogP contribution in [0.3, 0.4) is 0 Å². The van der Waals surface area contributed by atoms with Gasteiger partial charge < -0.3 is 11.1 Å². The number of nitrogens with one attached hydrogen (secondary N) is 1. The fourth-order valence-corrected chi connectivity index (χ4v) is 1.09. The van der Waals surface area contributed by atoms with Gasteiger partial charge in [0.05, 0.1) is 0 Å². The second-order valence-electron chi connectivity index (χ2n) is 3.85. The second-order valence-corrected chi connectivity index (χ2v) is 3.85. The zero-order valence-corrected chi connectivity index (χ0v) is 6.60. The van der Waals surface area contributed by atoms with E-state index in [-0.39, 0.29) is 11.4 Å². The van der Waals surface area contributed by atoms with Crippen molar-refractivity contribution in [1.29, 1.82) is 0 Å². The maximum absolute atomic E-state index is 11.1. The monoisotopic (exact) mass is 154 g/mol. The number of amides is 1. The Kier molecular flexibility index (Phi) is 1.42. The molecule has 0 aromatic heterocycles. The summed E-state index contributed by atoms with van der Waals surface area (Å²) in [6.45, 7) is 0.683. The zero-order chi connectivity index (χ0) is 7.90. The Morgan fingerprint density at radius 3 is 2.64 bits per heavy atom. The Morgan fingerprint density at radius 1 is 1.55 bits per heavy atom. The molecule has 2 fully saturated rings. The van der Waals surface area contributed by atoms with Gasteiger partial charge in [0.2, 0.25) is 5.91 Å². The van der Waals surface area contributed by atoms with Gasteiger partial charge in [-0.1, -0.05) is 0 Å². The van der Waals surface area contributed by atoms with Crippen molar-refractivity contribution in [2.24, 2.45) is 11.7 Å². The number of nitrogens with two attached hydrogens (primary N) is 1. The largest absolute Gasteiger partial charge is 0.354 e. The molecule has 62 valence electrons. The van der Waals surface area contributed by atoms with Crippen LogP contribution in [0.1, 0.15) is 25.7 Å². The summed E-state index contributed by atoms with van der Waals surface area (Å²) in [5, 5.41) is 2.88. The Labute approximate surface area is 66.3 Å². The summed E-state index contributed by atoms with van der Waals surface area (Å²) < 4.78 is 0. The van der Waals surface area contributed by atoms with E-state index in [2.05, 4.69) is 5.32 Å². The van der Waals surface area contributed by atoms with Crippen LogP contribution in [0.15, 0.2) is 0 Å². The third kappa shape index (κ3) is 1.71. The molecule has 0 spiro atoms. The molecule has 11 heavy (non-hydrogen) atoms. The smallest absolute Gasteiger partial charge is 0.223 e. The van der Waals surface area contributed by atoms with Crippen LogP contribution in [0.25, 0.3) is 0 Å². The maximum Gasteiger partial charge on any atom is 0.223 e. The first-order valence-electron chi connectivity index (χ1n) is 4.26. The average Bonchev–Trinajstić information content (AvgIpc) is 2.76. The van der Waals surface area contributed by atoms with Crippen molar-refractivity contribution >= 4 is 5.91 Å². The summed E-state index contributed by atoms with van der Waals surface area (Å²) in [7, 11) is 0. The van der Waals surface area contributed by atoms with Crippen molar-refractivity contribution in [2.75, 3.05) is 6.54 Å². The summed E-state index contributed by atoms with van der Waals surface area (Å²) in [5.41, 5.74) is 5.76. The Balaban J connectivity index is 1.69. The van der Waals surface area contributed by atoms with E-state index in [1.807, 2.05) is 0 Å². The standard InChI is InChI=1S/C8H14N2O/c9-8(3-4-8)5-10-7(11)6-1-2-6/h6H,1-5,9H2,(H,10,11). The van der Waals surface area contributed by atoms with E-state index >= 15 is 0 Å². The van der Waals surface area contributed by atoms with Gasteiger partial charge in [-0.05, 0) is 25.7 Å². The van der Waals surface area contributed by atoms with E-state index in [0.29, 0.717) is 12.5 Å². The molecule has 3 heteroatoms. The molecule has 3 N–H and O–H groups in total. The van der Waals surface area contributed by atoms with E-state index in [4.69, 9.17) is 5.73 Å². The van der Waals surface area contributed by atoms with Gasteiger partial charge in [-0.2, -0.15) is 0 Å². The predicted molar refractivity (Wildman–Crippen MR) is 41.9 cm³/mol. The number of carbonyl (C=O) groups is 1. The van der Waals surface area contributed by atoms with Gasteiger partial charge in [0, 0.05) is 18.0 Å². The third-order valence-corrected chi connectivity index (χ3v) is 2.46. The minimum atomic E-state index is -0.0372. The van der Waals surface area contributed by atoms with Crippen molar-refractivity contribution in [2.45, 2.75) is 31.2 Å². The summed E-state index contributed by atoms with van der Waals surface area (Å²) in [5.74, 6) is 0.527. The first-order chi connectivity index (χ1) is 5.20. The number of hydrogen-bond acceptors (Lipinski definition) is 2. The van der Waals surface area contributed by atoms with Gasteiger partial charge in [0.25, 0.3) is 0 Å². The quantitative estimate of drug-likeness (QED) is 0.601. The minimum Gasteiger partial charge on any atom is -0.354 e. The molecule has 0 heterocycles. The minimum absolute atomic E-state index is 0.0372. The van der Waals surface area contributed by atoms with Crippen molar-refractivity contribution in [3.05, 3.63) is 0 Å². The van der Waals surface area contributed by atoms with E-state index in [9.17, 15) is 4.79 Å². The Bertz CT molecular complexity index is 183. The van der Waals surface area contributed by atoms with Crippen molar-refractivity contribution < 1.29 is 4.79 Å². The second kappa shape index (κ2) is 2.21. The molecular formula is C8H14N2O. The first-order valence-corrected chi connectivity index (χ1v) is 4.26. The first kappa shape index (κ1) is 7.10. The maximum atomic E-state index is 11.1. The molecular weight excluding hydrogens is 140 g/mol. The molecule has 3 nitrogen and oxygen atoms in total. The lowest BCUT2D eigenvalue weighted by Gasteiger charge is -2.09. The molecule has 2 aliphatic rings. The molecule has 1 amide bonds. The van der Waals surface area contributed by atoms with Gasteiger partial charge in [-0.25, -0.2) is 0 Å². The van der Waals surface area contributed by atoms with Gasteiger partial charge in [0.15, 0.2) is 0 Å². The average molecular weight is 154 g/mol. The van der Waals surface area contributed by atoms with Gasteiger partial charge in [-0.15, -0.1) is 0 Å². The molecule has 0 unspecified atom stereocenters. The lowest BCUT2D eigenvalue weighted by molar-refractivity contribution is -0.122. The lowest BCUT2D eigenvalue weighted by atomic mass is 10.3. The molecule has 0 saturated heterocycles. The molecule has 0 aromatic rings. The van der Waals surface area contributed by atoms with Crippen molar-refractivity contribution in [3.63, 3.8) is 0 Å². The molecule has 2 rings (SSSR count). The summed E-state index contributed by atoms with van der Waals surface area (Å²) >= 11 is 0. The van der Waals surface area contributed by atoms with Gasteiger partial charge in [-0.3, -0.25) is 4.79 Å². The van der Waals surface area contributed by atoms with Gasteiger partial charge >= 0.3 is 0 Å². The molecule has 2 aliphatic carbocycles. The van der Waals surface area contributed by atoms with Crippen LogP contribution in [-0.2, 0) is 4.79 Å². The van der Waals surface area contributed by atoms with Crippen molar-refractivity contribution in [3.8, 4) is 0 Å². The van der Waals surface area contributed by atoms with E-state index in [1.54, 1.807) is 0 Å². The van der Waals surface area contributed by atoms with E-state index in [1.165, 1.54) is 0 Å². The zero-order valence-electron chi connectivity index (χ0n) is 6.60. The number of hydrogen-bond donors (Lipinski definition) is 2. The highest BCUT2D eigenvalue weighted by atomic mass is 16.2. The number of rotatable bonds is 3. The van der Waals surface area contributed by atoms with Crippen LogP contribution < -0.4 is 11.1 Å². The molecule has 2 saturated carbocycles. The third-order valence-electron chi connectivity index (χ3n) is 2.46. The summed E-state index contributed by atoms with van der Waals surface area (Å²) in [6.07, 6.45) is 4.28. The highest BCUT2D eigenvalue weighted by Gasteiger charge is 2.39. The van der Waals surface area contributed by atoms with Crippen LogP contribution in [0, 0.1) is 5.92 Å². The summed E-state index contributed by atoms with van der Waals surface area (Å²) in [4.78, 5) is 11.1. The number of carbonyl (C=O) groups excluding carboxylic acids is 1. The topological polar surface area (TPSA) is 55.1 Å². The molecule has 0 aromatic carbocycles. The molecule has 0 bridgehead atoms. The Morgan fingerprint density at radius 2 is 2.18 bits per heavy atom. The van der Waals surface area contributed by atoms with E-state index < -0.39 is 0 Å². The molecule has 0 aliphatic heterocycles. The van der Waals surface area contributed by atoms with Crippen molar-refractivity contribution in [1.82, 2.24) is 5.32 Å². The SMILES string of the molecule is NC1(CNC(=O)C2CC2)CC1. The van der Waals surface area contributed by atoms with Crippen LogP contribution in [0.4, 0.5) is 0 Å². The fourth-order valence-electron chi connectivity index (χ4n) is 1.09. The van der Waals surface area contributed by atoms with E-state index in [0.717, 1.165) is 25.7 Å². The fraction of sp³-hybridized carbons (Fsp3) is 0.875. The van der Waals surface area contributed by atoms with Crippen LogP contribution in [0.2, 0.25) is 0 Å². The summed E-state index contributed by atoms with van der Waals surface area (Å²) in [6, 6.07) is 0. The van der Waals surface area contributed by atoms with Crippen LogP contribution >= 0.6 is 0 Å². The molecule has 0 radical (unpaired) electrons. The highest BCUT2D eigenvalue weighted by Crippen LogP contribution is 2.32. The Hall–Kier alpha value is -0.570. The van der Waals surface area contributed by atoms with Gasteiger partial charge in [0.1, 0.15) is 0 Å². The van der Waals surface area contributed by atoms with Crippen LogP contribution in [0.5, 0.6) is 0 Å².